The fraction of sp³-hybridized carbons (Fsp3) is 0.941. The largest absolute Gasteiger partial charge is 0.435 e. The molecule has 3 fully saturated rings. The first-order valence-corrected chi connectivity index (χ1v) is 8.19. The van der Waals surface area contributed by atoms with Gasteiger partial charge in [0.1, 0.15) is 0 Å². The van der Waals surface area contributed by atoms with E-state index in [2.05, 4.69) is 20.8 Å². The van der Waals surface area contributed by atoms with Crippen LogP contribution in [-0.4, -0.2) is 18.4 Å². The second kappa shape index (κ2) is 5.01. The van der Waals surface area contributed by atoms with Crippen molar-refractivity contribution in [3.8, 4) is 0 Å². The van der Waals surface area contributed by atoms with Gasteiger partial charge in [-0.2, -0.15) is 0 Å². The number of carbonyl (C=O) groups is 1. The molecule has 0 aromatic carbocycles. The summed E-state index contributed by atoms with van der Waals surface area (Å²) in [4.78, 5) is 11.3. The van der Waals surface area contributed by atoms with Crippen LogP contribution in [-0.2, 0) is 14.3 Å². The van der Waals surface area contributed by atoms with Gasteiger partial charge < -0.3 is 9.47 Å². The molecule has 3 heteroatoms. The first-order chi connectivity index (χ1) is 9.36. The lowest BCUT2D eigenvalue weighted by Gasteiger charge is -2.37. The van der Waals surface area contributed by atoms with E-state index in [1.54, 1.807) is 0 Å². The van der Waals surface area contributed by atoms with E-state index in [-0.39, 0.29) is 11.4 Å². The molecule has 0 aliphatic heterocycles. The average molecular weight is 280 g/mol. The van der Waals surface area contributed by atoms with Crippen LogP contribution in [0.3, 0.4) is 0 Å². The highest BCUT2D eigenvalue weighted by atomic mass is 16.7. The maximum atomic E-state index is 11.3. The van der Waals surface area contributed by atoms with Crippen LogP contribution in [0.15, 0.2) is 0 Å². The Labute approximate surface area is 122 Å². The normalized spacial score (nSPS) is 40.7. The number of carbonyl (C=O) groups excluding carboxylic acids is 1. The molecule has 3 rings (SSSR count). The number of hydrogen-bond donors (Lipinski definition) is 0. The molecule has 3 nitrogen and oxygen atoms in total. The van der Waals surface area contributed by atoms with E-state index in [9.17, 15) is 4.79 Å². The lowest BCUT2D eigenvalue weighted by molar-refractivity contribution is -0.225. The zero-order chi connectivity index (χ0) is 14.5. The van der Waals surface area contributed by atoms with Crippen molar-refractivity contribution in [1.82, 2.24) is 0 Å². The van der Waals surface area contributed by atoms with Crippen molar-refractivity contribution < 1.29 is 14.3 Å². The molecule has 0 heterocycles. The lowest BCUT2D eigenvalue weighted by atomic mass is 9.80. The topological polar surface area (TPSA) is 35.5 Å². The van der Waals surface area contributed by atoms with Gasteiger partial charge in [0.25, 0.3) is 0 Å². The van der Waals surface area contributed by atoms with Crippen LogP contribution >= 0.6 is 0 Å². The van der Waals surface area contributed by atoms with Crippen molar-refractivity contribution in [1.29, 1.82) is 0 Å². The molecule has 0 amide bonds. The summed E-state index contributed by atoms with van der Waals surface area (Å²) in [7, 11) is 0. The van der Waals surface area contributed by atoms with Gasteiger partial charge in [0, 0.05) is 12.3 Å². The molecular weight excluding hydrogens is 252 g/mol. The van der Waals surface area contributed by atoms with Crippen molar-refractivity contribution in [2.24, 2.45) is 29.1 Å². The van der Waals surface area contributed by atoms with Gasteiger partial charge in [-0.3, -0.25) is 4.79 Å². The van der Waals surface area contributed by atoms with E-state index in [1.807, 2.05) is 0 Å². The van der Waals surface area contributed by atoms with E-state index >= 15 is 0 Å². The smallest absolute Gasteiger partial charge is 0.304 e. The summed E-state index contributed by atoms with van der Waals surface area (Å²) in [6, 6.07) is 0. The molecule has 20 heavy (non-hydrogen) atoms. The highest BCUT2D eigenvalue weighted by molar-refractivity contribution is 5.66. The highest BCUT2D eigenvalue weighted by Gasteiger charge is 2.55. The van der Waals surface area contributed by atoms with Crippen LogP contribution in [0.25, 0.3) is 0 Å². The van der Waals surface area contributed by atoms with Crippen LogP contribution in [0, 0.1) is 29.1 Å². The second-order valence-electron chi connectivity index (χ2n) is 8.14. The molecule has 6 unspecified atom stereocenters. The number of ether oxygens (including phenoxy) is 2. The monoisotopic (exact) mass is 280 g/mol. The molecule has 0 spiro atoms. The summed E-state index contributed by atoms with van der Waals surface area (Å²) in [5.41, 5.74) is -0.164. The minimum atomic E-state index is -0.413. The Morgan fingerprint density at radius 2 is 1.80 bits per heavy atom. The number of hydrogen-bond acceptors (Lipinski definition) is 3. The highest BCUT2D eigenvalue weighted by Crippen LogP contribution is 2.59. The quantitative estimate of drug-likeness (QED) is 0.583. The van der Waals surface area contributed by atoms with E-state index in [1.165, 1.54) is 39.0 Å². The first-order valence-electron chi connectivity index (χ1n) is 8.19. The summed E-state index contributed by atoms with van der Waals surface area (Å²) < 4.78 is 11.7. The Hall–Kier alpha value is -0.570. The maximum Gasteiger partial charge on any atom is 0.304 e. The van der Waals surface area contributed by atoms with Crippen LogP contribution in [0.2, 0.25) is 0 Å². The molecule has 0 aromatic rings. The van der Waals surface area contributed by atoms with Crippen molar-refractivity contribution in [3.63, 3.8) is 0 Å². The number of rotatable bonds is 3. The Morgan fingerprint density at radius 1 is 1.10 bits per heavy atom. The molecule has 3 saturated carbocycles. The first kappa shape index (κ1) is 14.4. The van der Waals surface area contributed by atoms with Crippen molar-refractivity contribution >= 4 is 5.97 Å². The summed E-state index contributed by atoms with van der Waals surface area (Å²) in [5, 5.41) is 0. The molecule has 3 aliphatic carbocycles. The predicted octanol–water partition coefficient (Wildman–Crippen LogP) is 3.76. The Morgan fingerprint density at radius 3 is 2.45 bits per heavy atom. The fourth-order valence-corrected chi connectivity index (χ4v) is 4.88. The predicted molar refractivity (Wildman–Crippen MR) is 76.9 cm³/mol. The maximum absolute atomic E-state index is 11.3. The molecular formula is C17H28O3. The van der Waals surface area contributed by atoms with Gasteiger partial charge in [-0.15, -0.1) is 0 Å². The van der Waals surface area contributed by atoms with Gasteiger partial charge >= 0.3 is 5.97 Å². The summed E-state index contributed by atoms with van der Waals surface area (Å²) in [5.74, 6) is 3.20. The zero-order valence-corrected chi connectivity index (χ0v) is 13.2. The number of fused-ring (bicyclic) bond motifs is 5. The fourth-order valence-electron chi connectivity index (χ4n) is 4.88. The van der Waals surface area contributed by atoms with Crippen LogP contribution in [0.5, 0.6) is 0 Å². The third-order valence-corrected chi connectivity index (χ3v) is 5.65. The molecule has 3 aliphatic rings. The van der Waals surface area contributed by atoms with Gasteiger partial charge in [-0.05, 0) is 49.4 Å². The van der Waals surface area contributed by atoms with E-state index < -0.39 is 6.29 Å². The van der Waals surface area contributed by atoms with Gasteiger partial charge in [0.2, 0.25) is 6.29 Å². The Balaban J connectivity index is 1.66. The van der Waals surface area contributed by atoms with E-state index in [4.69, 9.17) is 9.47 Å². The van der Waals surface area contributed by atoms with Crippen LogP contribution < -0.4 is 0 Å². The minimum absolute atomic E-state index is 0.164. The molecule has 0 aromatic heterocycles. The SMILES string of the molecule is CC(=O)OC(OC1CC2CC1C1CCCC21)C(C)(C)C. The summed E-state index contributed by atoms with van der Waals surface area (Å²) >= 11 is 0. The second-order valence-corrected chi connectivity index (χ2v) is 8.14. The minimum Gasteiger partial charge on any atom is -0.435 e. The van der Waals surface area contributed by atoms with Gasteiger partial charge in [-0.1, -0.05) is 27.2 Å². The molecule has 0 saturated heterocycles. The average Bonchev–Trinajstić information content (AvgIpc) is 2.97. The zero-order valence-electron chi connectivity index (χ0n) is 13.2. The molecule has 6 atom stereocenters. The molecule has 0 radical (unpaired) electrons. The summed E-state index contributed by atoms with van der Waals surface area (Å²) in [6.45, 7) is 7.69. The van der Waals surface area contributed by atoms with Gasteiger partial charge in [0.15, 0.2) is 0 Å². The van der Waals surface area contributed by atoms with Crippen LogP contribution in [0.1, 0.15) is 59.8 Å². The lowest BCUT2D eigenvalue weighted by Crippen LogP contribution is -2.40. The third-order valence-electron chi connectivity index (χ3n) is 5.65. The molecule has 0 N–H and O–H groups in total. The standard InChI is InChI=1S/C17H28O3/c1-10(18)19-16(17(2,3)4)20-15-9-11-8-14(15)13-7-5-6-12(11)13/h11-16H,5-9H2,1-4H3. The van der Waals surface area contributed by atoms with Gasteiger partial charge in [-0.25, -0.2) is 0 Å². The van der Waals surface area contributed by atoms with E-state index in [0.717, 1.165) is 17.8 Å². The Bertz CT molecular complexity index is 384. The van der Waals surface area contributed by atoms with Crippen LogP contribution in [0.4, 0.5) is 0 Å². The molecule has 2 bridgehead atoms. The third kappa shape index (κ3) is 2.49. The van der Waals surface area contributed by atoms with Crippen molar-refractivity contribution in [2.75, 3.05) is 0 Å². The van der Waals surface area contributed by atoms with E-state index in [0.29, 0.717) is 12.0 Å². The van der Waals surface area contributed by atoms with Crippen molar-refractivity contribution in [2.45, 2.75) is 72.2 Å². The summed E-state index contributed by atoms with van der Waals surface area (Å²) in [6.07, 6.45) is 6.65. The number of esters is 1. The Kier molecular flexibility index (Phi) is 3.60. The van der Waals surface area contributed by atoms with Crippen molar-refractivity contribution in [3.05, 3.63) is 0 Å². The molecule has 114 valence electrons. The van der Waals surface area contributed by atoms with Gasteiger partial charge in [0.05, 0.1) is 6.10 Å².